The summed E-state index contributed by atoms with van der Waals surface area (Å²) in [5, 5.41) is 0. The van der Waals surface area contributed by atoms with Gasteiger partial charge in [0.1, 0.15) is 11.9 Å². The van der Waals surface area contributed by atoms with E-state index in [0.29, 0.717) is 11.8 Å². The molecule has 0 radical (unpaired) electrons. The van der Waals surface area contributed by atoms with E-state index in [1.165, 1.54) is 0 Å². The lowest BCUT2D eigenvalue weighted by atomic mass is 10.3. The van der Waals surface area contributed by atoms with Gasteiger partial charge in [0, 0.05) is 31.3 Å². The molecular weight excluding hydrogens is 216 g/mol. The molecule has 0 bridgehead atoms. The van der Waals surface area contributed by atoms with Gasteiger partial charge in [0.25, 0.3) is 0 Å². The summed E-state index contributed by atoms with van der Waals surface area (Å²) in [6, 6.07) is 3.71. The number of nitrogens with zero attached hydrogens (tertiary/aromatic N) is 2. The molecule has 1 amide bonds. The second kappa shape index (κ2) is 4.35. The summed E-state index contributed by atoms with van der Waals surface area (Å²) in [7, 11) is 0. The minimum atomic E-state index is 0.139. The van der Waals surface area contributed by atoms with Crippen molar-refractivity contribution >= 4 is 5.91 Å². The summed E-state index contributed by atoms with van der Waals surface area (Å²) in [6.45, 7) is 1.57. The highest BCUT2D eigenvalue weighted by molar-refractivity contribution is 5.81. The summed E-state index contributed by atoms with van der Waals surface area (Å²) in [6.07, 6.45) is 6.66. The van der Waals surface area contributed by atoms with Gasteiger partial charge in [-0.05, 0) is 25.0 Å². The Morgan fingerprint density at radius 2 is 2.06 bits per heavy atom. The fourth-order valence-corrected chi connectivity index (χ4v) is 2.22. The van der Waals surface area contributed by atoms with Gasteiger partial charge in [0.2, 0.25) is 5.91 Å². The molecule has 3 rings (SSSR count). The van der Waals surface area contributed by atoms with Crippen LogP contribution >= 0.6 is 0 Å². The van der Waals surface area contributed by atoms with E-state index < -0.39 is 0 Å². The lowest BCUT2D eigenvalue weighted by Crippen LogP contribution is -2.31. The first kappa shape index (κ1) is 10.6. The number of ether oxygens (including phenoxy) is 1. The van der Waals surface area contributed by atoms with Crippen molar-refractivity contribution in [3.63, 3.8) is 0 Å². The number of hydrogen-bond donors (Lipinski definition) is 0. The molecule has 1 aliphatic heterocycles. The van der Waals surface area contributed by atoms with E-state index in [1.807, 2.05) is 17.0 Å². The molecule has 1 atom stereocenters. The van der Waals surface area contributed by atoms with E-state index in [0.717, 1.165) is 38.1 Å². The average Bonchev–Trinajstić information content (AvgIpc) is 3.11. The Bertz CT molecular complexity index is 403. The lowest BCUT2D eigenvalue weighted by Gasteiger charge is -2.16. The molecule has 1 aromatic rings. The van der Waals surface area contributed by atoms with E-state index in [2.05, 4.69) is 4.98 Å². The molecule has 0 aromatic carbocycles. The van der Waals surface area contributed by atoms with Gasteiger partial charge in [-0.1, -0.05) is 0 Å². The van der Waals surface area contributed by atoms with Crippen LogP contribution in [-0.4, -0.2) is 35.0 Å². The summed E-state index contributed by atoms with van der Waals surface area (Å²) in [5.74, 6) is 1.48. The van der Waals surface area contributed by atoms with Crippen molar-refractivity contribution < 1.29 is 9.53 Å². The molecule has 0 spiro atoms. The SMILES string of the molecule is O=C(C1CC1)N1CCC(Oc2ccncc2)C1. The molecule has 1 unspecified atom stereocenters. The van der Waals surface area contributed by atoms with Crippen molar-refractivity contribution in [3.05, 3.63) is 24.5 Å². The average molecular weight is 232 g/mol. The Labute approximate surface area is 101 Å². The van der Waals surface area contributed by atoms with Crippen LogP contribution in [0.15, 0.2) is 24.5 Å². The van der Waals surface area contributed by atoms with Crippen LogP contribution in [0.5, 0.6) is 5.75 Å². The molecule has 2 aliphatic rings. The monoisotopic (exact) mass is 232 g/mol. The third-order valence-corrected chi connectivity index (χ3v) is 3.34. The molecule has 17 heavy (non-hydrogen) atoms. The van der Waals surface area contributed by atoms with Gasteiger partial charge >= 0.3 is 0 Å². The zero-order chi connectivity index (χ0) is 11.7. The quantitative estimate of drug-likeness (QED) is 0.792. The molecule has 1 saturated carbocycles. The number of amides is 1. The van der Waals surface area contributed by atoms with Crippen LogP contribution < -0.4 is 4.74 Å². The maximum atomic E-state index is 11.9. The van der Waals surface area contributed by atoms with Gasteiger partial charge in [-0.15, -0.1) is 0 Å². The van der Waals surface area contributed by atoms with E-state index in [9.17, 15) is 4.79 Å². The fourth-order valence-electron chi connectivity index (χ4n) is 2.22. The predicted octanol–water partition coefficient (Wildman–Crippen LogP) is 1.47. The van der Waals surface area contributed by atoms with Crippen molar-refractivity contribution in [3.8, 4) is 5.75 Å². The Morgan fingerprint density at radius 1 is 1.29 bits per heavy atom. The third kappa shape index (κ3) is 2.40. The van der Waals surface area contributed by atoms with Gasteiger partial charge in [-0.2, -0.15) is 0 Å². The molecular formula is C13H16N2O2. The van der Waals surface area contributed by atoms with Crippen molar-refractivity contribution in [2.45, 2.75) is 25.4 Å². The maximum Gasteiger partial charge on any atom is 0.225 e. The molecule has 0 N–H and O–H groups in total. The highest BCUT2D eigenvalue weighted by Crippen LogP contribution is 2.32. The van der Waals surface area contributed by atoms with E-state index in [1.54, 1.807) is 12.4 Å². The Balaban J connectivity index is 1.55. The van der Waals surface area contributed by atoms with Crippen molar-refractivity contribution in [1.29, 1.82) is 0 Å². The largest absolute Gasteiger partial charge is 0.488 e. The van der Waals surface area contributed by atoms with Crippen molar-refractivity contribution in [2.24, 2.45) is 5.92 Å². The number of hydrogen-bond acceptors (Lipinski definition) is 3. The molecule has 1 saturated heterocycles. The van der Waals surface area contributed by atoms with E-state index >= 15 is 0 Å². The Kier molecular flexibility index (Phi) is 2.71. The molecule has 1 aromatic heterocycles. The third-order valence-electron chi connectivity index (χ3n) is 3.34. The van der Waals surface area contributed by atoms with E-state index in [4.69, 9.17) is 4.74 Å². The molecule has 2 heterocycles. The molecule has 4 nitrogen and oxygen atoms in total. The van der Waals surface area contributed by atoms with Crippen LogP contribution in [0.1, 0.15) is 19.3 Å². The normalized spacial score (nSPS) is 23.8. The van der Waals surface area contributed by atoms with E-state index in [-0.39, 0.29) is 6.10 Å². The van der Waals surface area contributed by atoms with Gasteiger partial charge in [-0.25, -0.2) is 0 Å². The maximum absolute atomic E-state index is 11.9. The van der Waals surface area contributed by atoms with Crippen LogP contribution in [0.2, 0.25) is 0 Å². The summed E-state index contributed by atoms with van der Waals surface area (Å²) < 4.78 is 5.82. The first-order valence-electron chi connectivity index (χ1n) is 6.18. The van der Waals surface area contributed by atoms with Crippen LogP contribution in [0, 0.1) is 5.92 Å². The topological polar surface area (TPSA) is 42.4 Å². The molecule has 2 fully saturated rings. The minimum Gasteiger partial charge on any atom is -0.488 e. The highest BCUT2D eigenvalue weighted by Gasteiger charge is 2.37. The fraction of sp³-hybridized carbons (Fsp3) is 0.538. The van der Waals surface area contributed by atoms with Crippen molar-refractivity contribution in [1.82, 2.24) is 9.88 Å². The molecule has 90 valence electrons. The second-order valence-corrected chi connectivity index (χ2v) is 4.77. The predicted molar refractivity (Wildman–Crippen MR) is 62.6 cm³/mol. The number of rotatable bonds is 3. The summed E-state index contributed by atoms with van der Waals surface area (Å²) in [4.78, 5) is 17.8. The smallest absolute Gasteiger partial charge is 0.225 e. The van der Waals surface area contributed by atoms with Crippen molar-refractivity contribution in [2.75, 3.05) is 13.1 Å². The summed E-state index contributed by atoms with van der Waals surface area (Å²) in [5.41, 5.74) is 0. The lowest BCUT2D eigenvalue weighted by molar-refractivity contribution is -0.131. The van der Waals surface area contributed by atoms with Gasteiger partial charge < -0.3 is 9.64 Å². The standard InChI is InChI=1S/C13H16N2O2/c16-13(10-1-2-10)15-8-5-12(9-15)17-11-3-6-14-7-4-11/h3-4,6-7,10,12H,1-2,5,8-9H2. The number of likely N-dealkylation sites (tertiary alicyclic amines) is 1. The summed E-state index contributed by atoms with van der Waals surface area (Å²) >= 11 is 0. The number of pyridine rings is 1. The van der Waals surface area contributed by atoms with Gasteiger partial charge in [0.15, 0.2) is 0 Å². The highest BCUT2D eigenvalue weighted by atomic mass is 16.5. The Morgan fingerprint density at radius 3 is 2.76 bits per heavy atom. The number of aromatic nitrogens is 1. The molecule has 1 aliphatic carbocycles. The van der Waals surface area contributed by atoms with Crippen LogP contribution in [-0.2, 0) is 4.79 Å². The van der Waals surface area contributed by atoms with Gasteiger partial charge in [0.05, 0.1) is 6.54 Å². The number of carbonyl (C=O) groups excluding carboxylic acids is 1. The van der Waals surface area contributed by atoms with Crippen LogP contribution in [0.25, 0.3) is 0 Å². The zero-order valence-corrected chi connectivity index (χ0v) is 9.71. The first-order valence-corrected chi connectivity index (χ1v) is 6.18. The van der Waals surface area contributed by atoms with Crippen LogP contribution in [0.3, 0.4) is 0 Å². The zero-order valence-electron chi connectivity index (χ0n) is 9.71. The van der Waals surface area contributed by atoms with Gasteiger partial charge in [-0.3, -0.25) is 9.78 Å². The second-order valence-electron chi connectivity index (χ2n) is 4.77. The number of carbonyl (C=O) groups is 1. The Hall–Kier alpha value is -1.58. The first-order chi connectivity index (χ1) is 8.33. The van der Waals surface area contributed by atoms with Crippen LogP contribution in [0.4, 0.5) is 0 Å². The minimum absolute atomic E-state index is 0.139. The molecule has 4 heteroatoms.